The lowest BCUT2D eigenvalue weighted by Crippen LogP contribution is -2.06. The lowest BCUT2D eigenvalue weighted by Gasteiger charge is -2.17. The summed E-state index contributed by atoms with van der Waals surface area (Å²) in [4.78, 5) is 0. The van der Waals surface area contributed by atoms with Crippen LogP contribution < -0.4 is 0 Å². The van der Waals surface area contributed by atoms with Gasteiger partial charge in [0.05, 0.1) is 0 Å². The predicted octanol–water partition coefficient (Wildman–Crippen LogP) is 3.20. The lowest BCUT2D eigenvalue weighted by molar-refractivity contribution is 0.371. The van der Waals surface area contributed by atoms with Gasteiger partial charge >= 0.3 is 0 Å². The summed E-state index contributed by atoms with van der Waals surface area (Å²) in [6.07, 6.45) is -1.55. The standard InChI is InChI=1S/C7H12F2/c1-5(6(8)9)7(2,3)4/h1-4H3. The van der Waals surface area contributed by atoms with Crippen LogP contribution in [0.2, 0.25) is 0 Å². The molecule has 54 valence electrons. The van der Waals surface area contributed by atoms with Crippen molar-refractivity contribution < 1.29 is 8.78 Å². The molecule has 0 atom stereocenters. The van der Waals surface area contributed by atoms with E-state index in [1.807, 2.05) is 0 Å². The van der Waals surface area contributed by atoms with Crippen LogP contribution in [0.3, 0.4) is 0 Å². The molecule has 2 heteroatoms. The Hall–Kier alpha value is -0.400. The summed E-state index contributed by atoms with van der Waals surface area (Å²) in [6.45, 7) is 6.75. The minimum atomic E-state index is -1.55. The summed E-state index contributed by atoms with van der Waals surface area (Å²) < 4.78 is 23.6. The van der Waals surface area contributed by atoms with Gasteiger partial charge in [-0.2, -0.15) is 8.78 Å². The molecule has 0 radical (unpaired) electrons. The van der Waals surface area contributed by atoms with Crippen molar-refractivity contribution in [3.8, 4) is 0 Å². The number of hydrogen-bond donors (Lipinski definition) is 0. The van der Waals surface area contributed by atoms with Crippen LogP contribution in [0.15, 0.2) is 11.7 Å². The predicted molar refractivity (Wildman–Crippen MR) is 34.4 cm³/mol. The van der Waals surface area contributed by atoms with Gasteiger partial charge < -0.3 is 0 Å². The number of halogens is 2. The van der Waals surface area contributed by atoms with E-state index in [4.69, 9.17) is 0 Å². The van der Waals surface area contributed by atoms with E-state index < -0.39 is 11.5 Å². The van der Waals surface area contributed by atoms with E-state index in [-0.39, 0.29) is 5.57 Å². The molecule has 0 heterocycles. The van der Waals surface area contributed by atoms with Gasteiger partial charge in [0.2, 0.25) is 0 Å². The van der Waals surface area contributed by atoms with Crippen LogP contribution in [0.4, 0.5) is 8.78 Å². The van der Waals surface area contributed by atoms with Crippen LogP contribution in [0.25, 0.3) is 0 Å². The summed E-state index contributed by atoms with van der Waals surface area (Å²) in [5.74, 6) is 0. The Balaban J connectivity index is 4.40. The average Bonchev–Trinajstić information content (AvgIpc) is 1.62. The second kappa shape index (κ2) is 2.46. The first-order valence-corrected chi connectivity index (χ1v) is 2.88. The fourth-order valence-corrected chi connectivity index (χ4v) is 0.283. The Morgan fingerprint density at radius 2 is 1.44 bits per heavy atom. The van der Waals surface area contributed by atoms with Gasteiger partial charge in [-0.05, 0) is 17.9 Å². The normalized spacial score (nSPS) is 11.3. The Morgan fingerprint density at radius 1 is 1.11 bits per heavy atom. The summed E-state index contributed by atoms with van der Waals surface area (Å²) in [5, 5.41) is 0. The van der Waals surface area contributed by atoms with Gasteiger partial charge in [-0.1, -0.05) is 20.8 Å². The molecule has 0 saturated heterocycles. The van der Waals surface area contributed by atoms with Gasteiger partial charge in [0.15, 0.2) is 0 Å². The van der Waals surface area contributed by atoms with Crippen molar-refractivity contribution in [2.45, 2.75) is 27.7 Å². The molecule has 0 fully saturated rings. The smallest absolute Gasteiger partial charge is 0.173 e. The Morgan fingerprint density at radius 3 is 1.44 bits per heavy atom. The number of allylic oxidation sites excluding steroid dienone is 1. The van der Waals surface area contributed by atoms with E-state index in [1.54, 1.807) is 20.8 Å². The maximum Gasteiger partial charge on any atom is 0.269 e. The van der Waals surface area contributed by atoms with Crippen molar-refractivity contribution in [3.63, 3.8) is 0 Å². The van der Waals surface area contributed by atoms with Crippen LogP contribution in [-0.2, 0) is 0 Å². The first-order valence-electron chi connectivity index (χ1n) is 2.88. The van der Waals surface area contributed by atoms with E-state index in [0.29, 0.717) is 0 Å². The van der Waals surface area contributed by atoms with Crippen LogP contribution in [-0.4, -0.2) is 0 Å². The minimum absolute atomic E-state index is 0.169. The zero-order valence-corrected chi connectivity index (χ0v) is 6.26. The topological polar surface area (TPSA) is 0 Å². The van der Waals surface area contributed by atoms with Gasteiger partial charge in [0.25, 0.3) is 6.08 Å². The Bertz CT molecular complexity index is 124. The molecule has 0 aliphatic rings. The molecule has 0 N–H and O–H groups in total. The molecule has 0 rings (SSSR count). The molecule has 0 saturated carbocycles. The SMILES string of the molecule is CC(=C(F)F)C(C)(C)C. The van der Waals surface area contributed by atoms with Crippen molar-refractivity contribution in [2.24, 2.45) is 5.41 Å². The highest BCUT2D eigenvalue weighted by Crippen LogP contribution is 2.28. The first kappa shape index (κ1) is 8.60. The fourth-order valence-electron chi connectivity index (χ4n) is 0.283. The Labute approximate surface area is 54.6 Å². The molecule has 0 amide bonds. The molecule has 0 aliphatic heterocycles. The number of rotatable bonds is 0. The zero-order valence-electron chi connectivity index (χ0n) is 6.26. The minimum Gasteiger partial charge on any atom is -0.173 e. The quantitative estimate of drug-likeness (QED) is 0.477. The molecular weight excluding hydrogens is 122 g/mol. The monoisotopic (exact) mass is 134 g/mol. The fraction of sp³-hybridized carbons (Fsp3) is 0.714. The highest BCUT2D eigenvalue weighted by Gasteiger charge is 2.16. The van der Waals surface area contributed by atoms with Crippen molar-refractivity contribution >= 4 is 0 Å². The van der Waals surface area contributed by atoms with Crippen LogP contribution in [0.1, 0.15) is 27.7 Å². The second-order valence-electron chi connectivity index (χ2n) is 3.14. The molecule has 0 aromatic rings. The van der Waals surface area contributed by atoms with E-state index in [1.165, 1.54) is 6.92 Å². The van der Waals surface area contributed by atoms with E-state index in [9.17, 15) is 8.78 Å². The third kappa shape index (κ3) is 2.59. The molecule has 9 heavy (non-hydrogen) atoms. The lowest BCUT2D eigenvalue weighted by atomic mass is 9.89. The van der Waals surface area contributed by atoms with E-state index in [2.05, 4.69) is 0 Å². The molecule has 0 unspecified atom stereocenters. The molecular formula is C7H12F2. The molecule has 0 nitrogen and oxygen atoms in total. The van der Waals surface area contributed by atoms with Gasteiger partial charge in [0.1, 0.15) is 0 Å². The molecule has 0 aliphatic carbocycles. The number of hydrogen-bond acceptors (Lipinski definition) is 0. The zero-order chi connectivity index (χ0) is 7.65. The summed E-state index contributed by atoms with van der Waals surface area (Å²) >= 11 is 0. The second-order valence-corrected chi connectivity index (χ2v) is 3.14. The van der Waals surface area contributed by atoms with E-state index >= 15 is 0 Å². The maximum absolute atomic E-state index is 11.8. The van der Waals surface area contributed by atoms with Crippen LogP contribution in [0, 0.1) is 5.41 Å². The Kier molecular flexibility index (Phi) is 2.35. The third-order valence-corrected chi connectivity index (χ3v) is 1.41. The van der Waals surface area contributed by atoms with E-state index in [0.717, 1.165) is 0 Å². The molecule has 0 aromatic heterocycles. The average molecular weight is 134 g/mol. The highest BCUT2D eigenvalue weighted by molar-refractivity contribution is 5.07. The summed E-state index contributed by atoms with van der Waals surface area (Å²) in [5.41, 5.74) is -0.221. The van der Waals surface area contributed by atoms with Gasteiger partial charge in [-0.15, -0.1) is 0 Å². The van der Waals surface area contributed by atoms with Crippen LogP contribution in [0.5, 0.6) is 0 Å². The van der Waals surface area contributed by atoms with Crippen molar-refractivity contribution in [3.05, 3.63) is 11.7 Å². The van der Waals surface area contributed by atoms with Crippen LogP contribution >= 0.6 is 0 Å². The largest absolute Gasteiger partial charge is 0.269 e. The van der Waals surface area contributed by atoms with Gasteiger partial charge in [-0.3, -0.25) is 0 Å². The van der Waals surface area contributed by atoms with Crippen molar-refractivity contribution in [2.75, 3.05) is 0 Å². The molecule has 0 bridgehead atoms. The molecule has 0 spiro atoms. The maximum atomic E-state index is 11.8. The van der Waals surface area contributed by atoms with Gasteiger partial charge in [0, 0.05) is 0 Å². The van der Waals surface area contributed by atoms with Crippen molar-refractivity contribution in [1.29, 1.82) is 0 Å². The van der Waals surface area contributed by atoms with Crippen molar-refractivity contribution in [1.82, 2.24) is 0 Å². The third-order valence-electron chi connectivity index (χ3n) is 1.41. The highest BCUT2D eigenvalue weighted by atomic mass is 19.3. The summed E-state index contributed by atoms with van der Waals surface area (Å²) in [6, 6.07) is 0. The summed E-state index contributed by atoms with van der Waals surface area (Å²) in [7, 11) is 0. The van der Waals surface area contributed by atoms with Gasteiger partial charge in [-0.25, -0.2) is 0 Å². The first-order chi connectivity index (χ1) is 3.85. The molecule has 0 aromatic carbocycles.